The van der Waals surface area contributed by atoms with Gasteiger partial charge in [-0.05, 0) is 42.8 Å². The summed E-state index contributed by atoms with van der Waals surface area (Å²) in [5.41, 5.74) is 3.05. The number of thiophene rings is 1. The lowest BCUT2D eigenvalue weighted by Crippen LogP contribution is -2.24. The Morgan fingerprint density at radius 3 is 2.73 bits per heavy atom. The number of hydrogen-bond acceptors (Lipinski definition) is 6. The quantitative estimate of drug-likeness (QED) is 0.297. The molecule has 0 aliphatic carbocycles. The molecular weight excluding hydrogens is 441 g/mol. The second kappa shape index (κ2) is 10.4. The summed E-state index contributed by atoms with van der Waals surface area (Å²) in [5.74, 6) is -0.0240. The van der Waals surface area contributed by atoms with E-state index in [1.807, 2.05) is 18.3 Å². The van der Waals surface area contributed by atoms with E-state index in [1.165, 1.54) is 30.5 Å². The van der Waals surface area contributed by atoms with Crippen LogP contribution in [0.25, 0.3) is 20.8 Å². The van der Waals surface area contributed by atoms with Gasteiger partial charge in [0.05, 0.1) is 20.8 Å². The molecule has 0 bridgehead atoms. The van der Waals surface area contributed by atoms with Crippen LogP contribution in [-0.4, -0.2) is 29.6 Å². The van der Waals surface area contributed by atoms with E-state index in [4.69, 9.17) is 4.74 Å². The number of anilines is 1. The number of fused-ring (bicyclic) bond motifs is 1. The van der Waals surface area contributed by atoms with Crippen LogP contribution in [-0.2, 0) is 6.54 Å². The number of halogens is 1. The first-order valence-electron chi connectivity index (χ1n) is 10.6. The summed E-state index contributed by atoms with van der Waals surface area (Å²) in [4.78, 5) is 21.4. The molecule has 0 saturated heterocycles. The lowest BCUT2D eigenvalue weighted by atomic mass is 10.2. The number of amides is 2. The standard InChI is InChI=1S/C24H24FN5O2S/c1-3-9-27-13-15-4-6-18(29-14-15)22-12-19-23(33-22)21(8-10-28-19)32-20-7-5-16(11-17(20)25)30-24(31)26-2/h4-8,10-12,14,27H,3,9,13H2,1-2H3,(H2,26,30,31). The van der Waals surface area contributed by atoms with Gasteiger partial charge in [0.25, 0.3) is 0 Å². The van der Waals surface area contributed by atoms with Gasteiger partial charge >= 0.3 is 6.03 Å². The van der Waals surface area contributed by atoms with Crippen LogP contribution in [0.4, 0.5) is 14.9 Å². The molecule has 2 amide bonds. The Labute approximate surface area is 195 Å². The summed E-state index contributed by atoms with van der Waals surface area (Å²) in [6, 6.07) is 11.6. The second-order valence-electron chi connectivity index (χ2n) is 7.31. The maximum absolute atomic E-state index is 14.6. The molecule has 0 fully saturated rings. The molecule has 1 aromatic carbocycles. The van der Waals surface area contributed by atoms with Gasteiger partial charge in [0.2, 0.25) is 0 Å². The minimum Gasteiger partial charge on any atom is -0.453 e. The van der Waals surface area contributed by atoms with Crippen molar-refractivity contribution < 1.29 is 13.9 Å². The van der Waals surface area contributed by atoms with Gasteiger partial charge in [-0.3, -0.25) is 9.97 Å². The van der Waals surface area contributed by atoms with Gasteiger partial charge in [-0.2, -0.15) is 0 Å². The molecule has 4 rings (SSSR count). The zero-order chi connectivity index (χ0) is 23.2. The average Bonchev–Trinajstić information content (AvgIpc) is 3.27. The van der Waals surface area contributed by atoms with Crippen molar-refractivity contribution in [2.75, 3.05) is 18.9 Å². The zero-order valence-electron chi connectivity index (χ0n) is 18.3. The van der Waals surface area contributed by atoms with Crippen LogP contribution in [0.5, 0.6) is 11.5 Å². The molecule has 0 unspecified atom stereocenters. The minimum absolute atomic E-state index is 0.0574. The summed E-state index contributed by atoms with van der Waals surface area (Å²) in [7, 11) is 1.49. The monoisotopic (exact) mass is 465 g/mol. The molecule has 0 aliphatic rings. The maximum atomic E-state index is 14.6. The number of ether oxygens (including phenoxy) is 1. The van der Waals surface area contributed by atoms with E-state index in [-0.39, 0.29) is 5.75 Å². The van der Waals surface area contributed by atoms with Gasteiger partial charge in [0, 0.05) is 43.8 Å². The summed E-state index contributed by atoms with van der Waals surface area (Å²) in [6.07, 6.45) is 4.59. The molecule has 0 aliphatic heterocycles. The number of hydrogen-bond donors (Lipinski definition) is 3. The summed E-state index contributed by atoms with van der Waals surface area (Å²) in [6.45, 7) is 3.90. The first kappa shape index (κ1) is 22.6. The average molecular weight is 466 g/mol. The third-order valence-electron chi connectivity index (χ3n) is 4.85. The number of carbonyl (C=O) groups excluding carboxylic acids is 1. The predicted molar refractivity (Wildman–Crippen MR) is 129 cm³/mol. The number of rotatable bonds is 8. The fourth-order valence-corrected chi connectivity index (χ4v) is 4.22. The topological polar surface area (TPSA) is 88.2 Å². The number of benzene rings is 1. The molecule has 0 saturated carbocycles. The van der Waals surface area contributed by atoms with Crippen LogP contribution in [0.1, 0.15) is 18.9 Å². The molecule has 3 heterocycles. The molecule has 4 aromatic rings. The Hall–Kier alpha value is -3.56. The van der Waals surface area contributed by atoms with Gasteiger partial charge in [-0.15, -0.1) is 11.3 Å². The number of nitrogens with zero attached hydrogens (tertiary/aromatic N) is 2. The van der Waals surface area contributed by atoms with Gasteiger partial charge in [-0.25, -0.2) is 9.18 Å². The van der Waals surface area contributed by atoms with Gasteiger partial charge < -0.3 is 20.7 Å². The number of nitrogens with one attached hydrogen (secondary N) is 3. The van der Waals surface area contributed by atoms with Crippen LogP contribution in [0.3, 0.4) is 0 Å². The first-order chi connectivity index (χ1) is 16.1. The molecule has 0 atom stereocenters. The van der Waals surface area contributed by atoms with Gasteiger partial charge in [0.15, 0.2) is 11.6 Å². The number of aromatic nitrogens is 2. The Kier molecular flexibility index (Phi) is 7.11. The summed E-state index contributed by atoms with van der Waals surface area (Å²) >= 11 is 1.49. The summed E-state index contributed by atoms with van der Waals surface area (Å²) < 4.78 is 21.3. The Balaban J connectivity index is 1.55. The van der Waals surface area contributed by atoms with E-state index in [0.29, 0.717) is 11.4 Å². The highest BCUT2D eigenvalue weighted by Crippen LogP contribution is 2.39. The fourth-order valence-electron chi connectivity index (χ4n) is 3.18. The van der Waals surface area contributed by atoms with E-state index in [0.717, 1.165) is 45.9 Å². The normalized spacial score (nSPS) is 10.9. The molecule has 3 N–H and O–H groups in total. The minimum atomic E-state index is -0.584. The molecule has 33 heavy (non-hydrogen) atoms. The third-order valence-corrected chi connectivity index (χ3v) is 6.01. The van der Waals surface area contributed by atoms with Crippen LogP contribution in [0, 0.1) is 5.82 Å². The zero-order valence-corrected chi connectivity index (χ0v) is 19.1. The van der Waals surface area contributed by atoms with Crippen molar-refractivity contribution in [2.24, 2.45) is 0 Å². The van der Waals surface area contributed by atoms with Crippen molar-refractivity contribution in [1.29, 1.82) is 0 Å². The number of urea groups is 1. The van der Waals surface area contributed by atoms with Crippen molar-refractivity contribution in [3.05, 3.63) is 66.2 Å². The fraction of sp³-hybridized carbons (Fsp3) is 0.208. The molecule has 9 heteroatoms. The predicted octanol–water partition coefficient (Wildman–Crippen LogP) is 5.54. The van der Waals surface area contributed by atoms with Crippen LogP contribution in [0.2, 0.25) is 0 Å². The molecule has 3 aromatic heterocycles. The van der Waals surface area contributed by atoms with E-state index >= 15 is 0 Å². The number of carbonyl (C=O) groups is 1. The van der Waals surface area contributed by atoms with E-state index in [2.05, 4.69) is 38.9 Å². The Morgan fingerprint density at radius 2 is 2.00 bits per heavy atom. The largest absolute Gasteiger partial charge is 0.453 e. The van der Waals surface area contributed by atoms with Crippen LogP contribution < -0.4 is 20.7 Å². The van der Waals surface area contributed by atoms with E-state index in [9.17, 15) is 9.18 Å². The van der Waals surface area contributed by atoms with Crippen molar-refractivity contribution >= 4 is 33.3 Å². The smallest absolute Gasteiger partial charge is 0.318 e. The first-order valence-corrected chi connectivity index (χ1v) is 11.4. The summed E-state index contributed by atoms with van der Waals surface area (Å²) in [5, 5.41) is 8.31. The van der Waals surface area contributed by atoms with E-state index in [1.54, 1.807) is 18.3 Å². The van der Waals surface area contributed by atoms with Crippen molar-refractivity contribution in [3.63, 3.8) is 0 Å². The highest BCUT2D eigenvalue weighted by molar-refractivity contribution is 7.22. The molecule has 170 valence electrons. The van der Waals surface area contributed by atoms with Gasteiger partial charge in [-0.1, -0.05) is 13.0 Å². The van der Waals surface area contributed by atoms with Crippen LogP contribution in [0.15, 0.2) is 54.9 Å². The van der Waals surface area contributed by atoms with Crippen LogP contribution >= 0.6 is 11.3 Å². The highest BCUT2D eigenvalue weighted by atomic mass is 32.1. The maximum Gasteiger partial charge on any atom is 0.318 e. The molecule has 0 radical (unpaired) electrons. The lowest BCUT2D eigenvalue weighted by Gasteiger charge is -2.09. The Morgan fingerprint density at radius 1 is 1.12 bits per heavy atom. The van der Waals surface area contributed by atoms with E-state index < -0.39 is 11.8 Å². The number of pyridine rings is 2. The SMILES string of the molecule is CCCNCc1ccc(-c2cc3nccc(Oc4ccc(NC(=O)NC)cc4F)c3s2)nc1. The van der Waals surface area contributed by atoms with Crippen molar-refractivity contribution in [1.82, 2.24) is 20.6 Å². The highest BCUT2D eigenvalue weighted by Gasteiger charge is 2.14. The molecule has 0 spiro atoms. The second-order valence-corrected chi connectivity index (χ2v) is 8.37. The molecular formula is C24H24FN5O2S. The third kappa shape index (κ3) is 5.44. The van der Waals surface area contributed by atoms with Crippen molar-refractivity contribution in [2.45, 2.75) is 19.9 Å². The van der Waals surface area contributed by atoms with Crippen molar-refractivity contribution in [3.8, 4) is 22.1 Å². The van der Waals surface area contributed by atoms with Gasteiger partial charge in [0.1, 0.15) is 5.75 Å². The lowest BCUT2D eigenvalue weighted by molar-refractivity contribution is 0.254. The molecule has 7 nitrogen and oxygen atoms in total. The Bertz CT molecular complexity index is 1260.